The molecule has 0 radical (unpaired) electrons. The highest BCUT2D eigenvalue weighted by atomic mass is 32.1. The minimum Gasteiger partial charge on any atom is -0.507 e. The molecule has 0 bridgehead atoms. The molecule has 1 amide bonds. The van der Waals surface area contributed by atoms with E-state index in [0.29, 0.717) is 29.2 Å². The number of amides is 1. The Labute approximate surface area is 238 Å². The molecule has 3 aromatic rings. The van der Waals surface area contributed by atoms with E-state index in [0.717, 1.165) is 29.7 Å². The molecule has 0 saturated carbocycles. The van der Waals surface area contributed by atoms with Gasteiger partial charge in [0, 0.05) is 5.56 Å². The maximum absolute atomic E-state index is 13.5. The summed E-state index contributed by atoms with van der Waals surface area (Å²) in [5, 5.41) is 11.6. The molecule has 40 heavy (non-hydrogen) atoms. The van der Waals surface area contributed by atoms with Gasteiger partial charge in [0.2, 0.25) is 0 Å². The fourth-order valence-electron chi connectivity index (χ4n) is 4.48. The van der Waals surface area contributed by atoms with Crippen molar-refractivity contribution in [2.45, 2.75) is 58.9 Å². The predicted molar refractivity (Wildman–Crippen MR) is 155 cm³/mol. The number of Topliss-reactive ketones (excluding diaryl/α,β-unsaturated/α-hetero) is 1. The van der Waals surface area contributed by atoms with Crippen LogP contribution in [0.4, 0.5) is 5.13 Å². The van der Waals surface area contributed by atoms with E-state index < -0.39 is 23.7 Å². The third-order valence-electron chi connectivity index (χ3n) is 6.79. The Kier molecular flexibility index (Phi) is 8.44. The van der Waals surface area contributed by atoms with Crippen molar-refractivity contribution in [1.29, 1.82) is 0 Å². The number of carbonyl (C=O) groups is 3. The molecular weight excluding hydrogens is 528 g/mol. The normalized spacial score (nSPS) is 16.9. The number of rotatable bonds is 8. The van der Waals surface area contributed by atoms with E-state index in [1.54, 1.807) is 31.2 Å². The number of aliphatic hydroxyl groups is 1. The quantitative estimate of drug-likeness (QED) is 0.112. The van der Waals surface area contributed by atoms with Gasteiger partial charge in [0.25, 0.3) is 5.78 Å². The fraction of sp³-hybridized carbons (Fsp3) is 0.355. The summed E-state index contributed by atoms with van der Waals surface area (Å²) in [6.07, 6.45) is 1.93. The molecule has 1 aromatic heterocycles. The highest BCUT2D eigenvalue weighted by molar-refractivity contribution is 7.17. The first kappa shape index (κ1) is 29.0. The number of ketones is 1. The number of thiazole rings is 1. The van der Waals surface area contributed by atoms with E-state index in [-0.39, 0.29) is 26.8 Å². The lowest BCUT2D eigenvalue weighted by Crippen LogP contribution is -2.29. The van der Waals surface area contributed by atoms with Gasteiger partial charge in [0.05, 0.1) is 31.0 Å². The van der Waals surface area contributed by atoms with Crippen LogP contribution in [0.5, 0.6) is 5.75 Å². The standard InChI is InChI=1S/C31H34N2O6S/c1-7-8-17-39-22-15-11-20(12-16-22)25(34)23-24(19-9-13-21(14-10-19)31(3,4)5)33(28(36)26(23)35)30-32-18(2)27(40-30)29(37)38-6/h9-16,24,34H,7-8,17H2,1-6H3/b25-23-. The SMILES string of the molecule is CCCCOc1ccc(/C(O)=C2/C(=O)C(=O)N(c3nc(C)c(C(=O)OC)s3)C2c2ccc(C(C)(C)C)cc2)cc1. The first-order chi connectivity index (χ1) is 19.0. The Morgan fingerprint density at radius 2 is 1.73 bits per heavy atom. The van der Waals surface area contributed by atoms with Crippen LogP contribution in [0.15, 0.2) is 54.1 Å². The number of ether oxygens (including phenoxy) is 2. The Hall–Kier alpha value is -3.98. The summed E-state index contributed by atoms with van der Waals surface area (Å²) in [6, 6.07) is 13.4. The van der Waals surface area contributed by atoms with Crippen LogP contribution >= 0.6 is 11.3 Å². The second kappa shape index (κ2) is 11.6. The van der Waals surface area contributed by atoms with Gasteiger partial charge in [-0.05, 0) is 54.2 Å². The Bertz CT molecular complexity index is 1450. The number of carbonyl (C=O) groups excluding carboxylic acids is 3. The third kappa shape index (κ3) is 5.65. The molecule has 1 saturated heterocycles. The first-order valence-electron chi connectivity index (χ1n) is 13.2. The number of esters is 1. The lowest BCUT2D eigenvalue weighted by Gasteiger charge is -2.24. The molecule has 2 heterocycles. The average Bonchev–Trinajstić information content (AvgIpc) is 3.44. The van der Waals surface area contributed by atoms with E-state index in [1.165, 1.54) is 12.0 Å². The van der Waals surface area contributed by atoms with Crippen molar-refractivity contribution >= 4 is 39.9 Å². The van der Waals surface area contributed by atoms with Crippen molar-refractivity contribution < 1.29 is 29.0 Å². The minimum absolute atomic E-state index is 0.0550. The summed E-state index contributed by atoms with van der Waals surface area (Å²) in [5.74, 6) is -1.90. The molecule has 8 nitrogen and oxygen atoms in total. The largest absolute Gasteiger partial charge is 0.507 e. The Morgan fingerprint density at radius 1 is 1.07 bits per heavy atom. The topological polar surface area (TPSA) is 106 Å². The van der Waals surface area contributed by atoms with Gasteiger partial charge in [-0.2, -0.15) is 0 Å². The maximum Gasteiger partial charge on any atom is 0.350 e. The second-order valence-corrected chi connectivity index (χ2v) is 11.6. The van der Waals surface area contributed by atoms with Crippen molar-refractivity contribution in [3.63, 3.8) is 0 Å². The zero-order chi connectivity index (χ0) is 29.2. The summed E-state index contributed by atoms with van der Waals surface area (Å²) >= 11 is 0.968. The molecule has 4 rings (SSSR count). The van der Waals surface area contributed by atoms with Crippen molar-refractivity contribution in [3.05, 3.63) is 81.4 Å². The summed E-state index contributed by atoms with van der Waals surface area (Å²) in [6.45, 7) is 10.6. The second-order valence-electron chi connectivity index (χ2n) is 10.7. The molecule has 9 heteroatoms. The van der Waals surface area contributed by atoms with Crippen molar-refractivity contribution in [3.8, 4) is 5.75 Å². The molecule has 1 fully saturated rings. The van der Waals surface area contributed by atoms with Crippen LogP contribution in [0.2, 0.25) is 0 Å². The molecule has 1 unspecified atom stereocenters. The number of methoxy groups -OCH3 is 1. The Balaban J connectivity index is 1.84. The van der Waals surface area contributed by atoms with Gasteiger partial charge in [-0.25, -0.2) is 9.78 Å². The molecule has 1 N–H and O–H groups in total. The number of aliphatic hydroxyl groups excluding tert-OH is 1. The lowest BCUT2D eigenvalue weighted by molar-refractivity contribution is -0.132. The number of hydrogen-bond donors (Lipinski definition) is 1. The van der Waals surface area contributed by atoms with Gasteiger partial charge in [-0.1, -0.05) is 69.7 Å². The summed E-state index contributed by atoms with van der Waals surface area (Å²) in [4.78, 5) is 45.2. The molecule has 1 atom stereocenters. The Morgan fingerprint density at radius 3 is 2.30 bits per heavy atom. The van der Waals surface area contributed by atoms with E-state index >= 15 is 0 Å². The third-order valence-corrected chi connectivity index (χ3v) is 7.93. The summed E-state index contributed by atoms with van der Waals surface area (Å²) < 4.78 is 10.6. The highest BCUT2D eigenvalue weighted by Gasteiger charge is 2.48. The number of aryl methyl sites for hydroxylation is 1. The number of hydrogen-bond acceptors (Lipinski definition) is 8. The van der Waals surface area contributed by atoms with E-state index in [4.69, 9.17) is 9.47 Å². The number of aromatic nitrogens is 1. The molecule has 210 valence electrons. The highest BCUT2D eigenvalue weighted by Crippen LogP contribution is 2.44. The number of benzene rings is 2. The van der Waals surface area contributed by atoms with Gasteiger partial charge in [0.15, 0.2) is 5.13 Å². The van der Waals surface area contributed by atoms with Gasteiger partial charge in [-0.15, -0.1) is 0 Å². The van der Waals surface area contributed by atoms with Crippen LogP contribution < -0.4 is 9.64 Å². The number of nitrogens with zero attached hydrogens (tertiary/aromatic N) is 2. The average molecular weight is 563 g/mol. The zero-order valence-corrected chi connectivity index (χ0v) is 24.4. The van der Waals surface area contributed by atoms with Crippen LogP contribution in [0.3, 0.4) is 0 Å². The van der Waals surface area contributed by atoms with Crippen LogP contribution in [0.25, 0.3) is 5.76 Å². The molecular formula is C31H34N2O6S. The lowest BCUT2D eigenvalue weighted by atomic mass is 9.85. The van der Waals surface area contributed by atoms with Crippen LogP contribution in [-0.4, -0.2) is 41.5 Å². The molecule has 0 aliphatic carbocycles. The van der Waals surface area contributed by atoms with Gasteiger partial charge in [-0.3, -0.25) is 14.5 Å². The van der Waals surface area contributed by atoms with Crippen LogP contribution in [-0.2, 0) is 19.7 Å². The van der Waals surface area contributed by atoms with E-state index in [1.807, 2.05) is 24.3 Å². The predicted octanol–water partition coefficient (Wildman–Crippen LogP) is 6.34. The molecule has 1 aliphatic rings. The van der Waals surface area contributed by atoms with Gasteiger partial charge < -0.3 is 14.6 Å². The summed E-state index contributed by atoms with van der Waals surface area (Å²) in [7, 11) is 1.27. The van der Waals surface area contributed by atoms with Crippen LogP contribution in [0.1, 0.15) is 78.6 Å². The van der Waals surface area contributed by atoms with Crippen molar-refractivity contribution in [1.82, 2.24) is 4.98 Å². The van der Waals surface area contributed by atoms with E-state index in [9.17, 15) is 19.5 Å². The van der Waals surface area contributed by atoms with Crippen molar-refractivity contribution in [2.75, 3.05) is 18.6 Å². The number of anilines is 1. The fourth-order valence-corrected chi connectivity index (χ4v) is 5.49. The molecule has 2 aromatic carbocycles. The maximum atomic E-state index is 13.5. The number of unbranched alkanes of at least 4 members (excludes halogenated alkanes) is 1. The smallest absolute Gasteiger partial charge is 0.350 e. The van der Waals surface area contributed by atoms with Crippen LogP contribution in [0, 0.1) is 6.92 Å². The van der Waals surface area contributed by atoms with Gasteiger partial charge in [0.1, 0.15) is 16.4 Å². The molecule has 0 spiro atoms. The zero-order valence-electron chi connectivity index (χ0n) is 23.6. The minimum atomic E-state index is -0.953. The van der Waals surface area contributed by atoms with Gasteiger partial charge >= 0.3 is 11.9 Å². The summed E-state index contributed by atoms with van der Waals surface area (Å²) in [5.41, 5.74) is 2.30. The molecule has 1 aliphatic heterocycles. The van der Waals surface area contributed by atoms with E-state index in [2.05, 4.69) is 32.7 Å². The van der Waals surface area contributed by atoms with Crippen molar-refractivity contribution in [2.24, 2.45) is 0 Å². The first-order valence-corrected chi connectivity index (χ1v) is 14.0. The monoisotopic (exact) mass is 562 g/mol.